The molecular weight excluding hydrogens is 204 g/mol. The van der Waals surface area contributed by atoms with Crippen LogP contribution < -0.4 is 0 Å². The summed E-state index contributed by atoms with van der Waals surface area (Å²) in [5.41, 5.74) is 0.954. The molecule has 0 unspecified atom stereocenters. The predicted octanol–water partition coefficient (Wildman–Crippen LogP) is 3.00. The summed E-state index contributed by atoms with van der Waals surface area (Å²) < 4.78 is 6.03. The molecule has 0 aliphatic rings. The zero-order valence-corrected chi connectivity index (χ0v) is 11.2. The first-order valence-electron chi connectivity index (χ1n) is 5.22. The van der Waals surface area contributed by atoms with E-state index in [2.05, 4.69) is 43.8 Å². The van der Waals surface area contributed by atoms with E-state index in [0.29, 0.717) is 6.61 Å². The minimum Gasteiger partial charge on any atom is -0.411 e. The topological polar surface area (TPSA) is 35.0 Å². The Morgan fingerprint density at radius 3 is 2.47 bits per heavy atom. The van der Waals surface area contributed by atoms with E-state index in [9.17, 15) is 0 Å². The molecule has 15 heavy (non-hydrogen) atoms. The minimum atomic E-state index is -1.65. The number of nitrogens with zero attached hydrogens (tertiary/aromatic N) is 2. The maximum absolute atomic E-state index is 6.03. The molecule has 0 aromatic carbocycles. The van der Waals surface area contributed by atoms with Gasteiger partial charge in [-0.1, -0.05) is 20.8 Å². The number of rotatable bonds is 3. The van der Waals surface area contributed by atoms with Crippen molar-refractivity contribution in [2.45, 2.75) is 45.5 Å². The molecule has 0 fully saturated rings. The second kappa shape index (κ2) is 4.41. The molecule has 1 aromatic heterocycles. The van der Waals surface area contributed by atoms with E-state index in [1.807, 2.05) is 6.07 Å². The Labute approximate surface area is 93.0 Å². The molecule has 0 atom stereocenters. The van der Waals surface area contributed by atoms with E-state index in [0.717, 1.165) is 5.69 Å². The molecule has 1 heterocycles. The highest BCUT2D eigenvalue weighted by Crippen LogP contribution is 2.36. The summed E-state index contributed by atoms with van der Waals surface area (Å²) in [6.07, 6.45) is 3.31. The average molecular weight is 224 g/mol. The first-order valence-corrected chi connectivity index (χ1v) is 8.12. The number of hydrogen-bond donors (Lipinski definition) is 0. The highest BCUT2D eigenvalue weighted by Gasteiger charge is 2.37. The smallest absolute Gasteiger partial charge is 0.192 e. The van der Waals surface area contributed by atoms with Gasteiger partial charge in [0.05, 0.1) is 12.3 Å². The normalized spacial score (nSPS) is 12.9. The van der Waals surface area contributed by atoms with Crippen LogP contribution in [-0.2, 0) is 11.0 Å². The van der Waals surface area contributed by atoms with E-state index in [1.165, 1.54) is 0 Å². The van der Waals surface area contributed by atoms with Gasteiger partial charge in [0.1, 0.15) is 6.33 Å². The van der Waals surface area contributed by atoms with Gasteiger partial charge in [-0.25, -0.2) is 9.97 Å². The van der Waals surface area contributed by atoms with Crippen LogP contribution >= 0.6 is 0 Å². The molecule has 0 radical (unpaired) electrons. The summed E-state index contributed by atoms with van der Waals surface area (Å²) in [6.45, 7) is 11.8. The second-order valence-corrected chi connectivity index (χ2v) is 10.1. The summed E-state index contributed by atoms with van der Waals surface area (Å²) in [4.78, 5) is 8.03. The molecule has 0 spiro atoms. The summed E-state index contributed by atoms with van der Waals surface area (Å²) in [5.74, 6) is 0. The van der Waals surface area contributed by atoms with Gasteiger partial charge in [-0.2, -0.15) is 0 Å². The Morgan fingerprint density at radius 1 is 1.33 bits per heavy atom. The lowest BCUT2D eigenvalue weighted by Gasteiger charge is -2.35. The average Bonchev–Trinajstić information content (AvgIpc) is 2.15. The monoisotopic (exact) mass is 224 g/mol. The number of hydrogen-bond acceptors (Lipinski definition) is 3. The van der Waals surface area contributed by atoms with Crippen molar-refractivity contribution >= 4 is 8.32 Å². The Balaban J connectivity index is 2.58. The molecule has 0 aliphatic carbocycles. The summed E-state index contributed by atoms with van der Waals surface area (Å²) in [6, 6.07) is 1.90. The summed E-state index contributed by atoms with van der Waals surface area (Å²) >= 11 is 0. The van der Waals surface area contributed by atoms with Crippen molar-refractivity contribution in [2.24, 2.45) is 0 Å². The Bertz CT molecular complexity index is 306. The summed E-state index contributed by atoms with van der Waals surface area (Å²) in [7, 11) is -1.65. The molecule has 0 aliphatic heterocycles. The van der Waals surface area contributed by atoms with E-state index >= 15 is 0 Å². The van der Waals surface area contributed by atoms with Crippen molar-refractivity contribution in [3.63, 3.8) is 0 Å². The molecule has 0 saturated carbocycles. The van der Waals surface area contributed by atoms with Crippen LogP contribution in [0.1, 0.15) is 26.5 Å². The van der Waals surface area contributed by atoms with Crippen molar-refractivity contribution in [1.29, 1.82) is 0 Å². The van der Waals surface area contributed by atoms with Crippen LogP contribution in [0.4, 0.5) is 0 Å². The van der Waals surface area contributed by atoms with E-state index in [1.54, 1.807) is 12.5 Å². The third kappa shape index (κ3) is 3.39. The molecular formula is C11H20N2OSi. The predicted molar refractivity (Wildman–Crippen MR) is 64.0 cm³/mol. The van der Waals surface area contributed by atoms with Crippen molar-refractivity contribution < 1.29 is 4.43 Å². The van der Waals surface area contributed by atoms with Gasteiger partial charge in [-0.3, -0.25) is 0 Å². The largest absolute Gasteiger partial charge is 0.411 e. The van der Waals surface area contributed by atoms with Gasteiger partial charge >= 0.3 is 0 Å². The van der Waals surface area contributed by atoms with Gasteiger partial charge in [0, 0.05) is 6.20 Å². The molecule has 0 saturated heterocycles. The lowest BCUT2D eigenvalue weighted by molar-refractivity contribution is 0.272. The van der Waals surface area contributed by atoms with Crippen molar-refractivity contribution in [2.75, 3.05) is 0 Å². The Hall–Kier alpha value is -0.743. The highest BCUT2D eigenvalue weighted by molar-refractivity contribution is 6.74. The molecule has 0 amide bonds. The zero-order chi connectivity index (χ0) is 11.5. The number of aromatic nitrogens is 2. The van der Waals surface area contributed by atoms with Crippen LogP contribution in [0.5, 0.6) is 0 Å². The summed E-state index contributed by atoms with van der Waals surface area (Å²) in [5, 5.41) is 0.250. The SMILES string of the molecule is CC(C)(C)[Si](C)(C)OCc1ccncn1. The van der Waals surface area contributed by atoms with Crippen LogP contribution in [0.3, 0.4) is 0 Å². The molecule has 4 heteroatoms. The van der Waals surface area contributed by atoms with Crippen LogP contribution in [-0.4, -0.2) is 18.3 Å². The molecule has 3 nitrogen and oxygen atoms in total. The fraction of sp³-hybridized carbons (Fsp3) is 0.636. The fourth-order valence-corrected chi connectivity index (χ4v) is 1.82. The van der Waals surface area contributed by atoms with Crippen molar-refractivity contribution in [1.82, 2.24) is 9.97 Å². The van der Waals surface area contributed by atoms with Crippen LogP contribution in [0.25, 0.3) is 0 Å². The van der Waals surface area contributed by atoms with Gasteiger partial charge in [-0.05, 0) is 24.2 Å². The van der Waals surface area contributed by atoms with Crippen molar-refractivity contribution in [3.05, 3.63) is 24.3 Å². The third-order valence-corrected chi connectivity index (χ3v) is 7.51. The fourth-order valence-electron chi connectivity index (χ4n) is 0.874. The first-order chi connectivity index (χ1) is 6.83. The van der Waals surface area contributed by atoms with Crippen LogP contribution in [0.2, 0.25) is 18.1 Å². The molecule has 0 bridgehead atoms. The van der Waals surface area contributed by atoms with E-state index in [-0.39, 0.29) is 5.04 Å². The van der Waals surface area contributed by atoms with Gasteiger partial charge in [0.2, 0.25) is 0 Å². The second-order valence-electron chi connectivity index (χ2n) is 5.25. The molecule has 1 rings (SSSR count). The van der Waals surface area contributed by atoms with Gasteiger partial charge in [-0.15, -0.1) is 0 Å². The zero-order valence-electron chi connectivity index (χ0n) is 10.2. The maximum Gasteiger partial charge on any atom is 0.192 e. The Kier molecular flexibility index (Phi) is 3.62. The molecule has 1 aromatic rings. The highest BCUT2D eigenvalue weighted by atomic mass is 28.4. The lowest BCUT2D eigenvalue weighted by atomic mass is 10.2. The van der Waals surface area contributed by atoms with Gasteiger partial charge in [0.15, 0.2) is 8.32 Å². The first kappa shape index (κ1) is 12.3. The Morgan fingerprint density at radius 2 is 2.00 bits per heavy atom. The van der Waals surface area contributed by atoms with Gasteiger partial charge in [0.25, 0.3) is 0 Å². The minimum absolute atomic E-state index is 0.250. The maximum atomic E-state index is 6.03. The van der Waals surface area contributed by atoms with Crippen LogP contribution in [0, 0.1) is 0 Å². The lowest BCUT2D eigenvalue weighted by Crippen LogP contribution is -2.40. The quantitative estimate of drug-likeness (QED) is 0.740. The van der Waals surface area contributed by atoms with Crippen molar-refractivity contribution in [3.8, 4) is 0 Å². The standard InChI is InChI=1S/C11H20N2OSi/c1-11(2,3)15(4,5)14-8-10-6-7-12-9-13-10/h6-7,9H,8H2,1-5H3. The van der Waals surface area contributed by atoms with Crippen LogP contribution in [0.15, 0.2) is 18.6 Å². The molecule has 0 N–H and O–H groups in total. The van der Waals surface area contributed by atoms with Gasteiger partial charge < -0.3 is 4.43 Å². The van der Waals surface area contributed by atoms with E-state index in [4.69, 9.17) is 4.43 Å². The third-order valence-electron chi connectivity index (χ3n) is 3.03. The van der Waals surface area contributed by atoms with E-state index < -0.39 is 8.32 Å². The molecule has 84 valence electrons.